The SMILES string of the molecule is N#[N+]c1ccccc1C(F)(F)F.O=S(=O)([O-])C(F)(F)F. The molecule has 1 rings (SSSR count). The molecule has 0 atom stereocenters. The van der Waals surface area contributed by atoms with E-state index in [4.69, 9.17) is 18.4 Å². The number of diazo groups is 1. The van der Waals surface area contributed by atoms with Gasteiger partial charge in [-0.15, -0.1) is 0 Å². The average Bonchev–Trinajstić information content (AvgIpc) is 2.26. The first kappa shape index (κ1) is 18.1. The Bertz CT molecular complexity index is 602. The smallest absolute Gasteiger partial charge is 0.485 e. The Morgan fingerprint density at radius 1 is 1.05 bits per heavy atom. The van der Waals surface area contributed by atoms with E-state index in [9.17, 15) is 26.3 Å². The number of benzene rings is 1. The molecule has 0 heterocycles. The maximum Gasteiger partial charge on any atom is 0.485 e. The van der Waals surface area contributed by atoms with Crippen LogP contribution in [0, 0.1) is 5.39 Å². The Labute approximate surface area is 108 Å². The predicted molar refractivity (Wildman–Crippen MR) is 51.9 cm³/mol. The van der Waals surface area contributed by atoms with Crippen LogP contribution in [0.4, 0.5) is 32.0 Å². The van der Waals surface area contributed by atoms with Crippen molar-refractivity contribution in [2.45, 2.75) is 11.7 Å². The monoisotopic (exact) mass is 322 g/mol. The summed E-state index contributed by atoms with van der Waals surface area (Å²) in [6.07, 6.45) is -4.47. The summed E-state index contributed by atoms with van der Waals surface area (Å²) in [4.78, 5) is 2.52. The van der Waals surface area contributed by atoms with Crippen molar-refractivity contribution in [3.63, 3.8) is 0 Å². The van der Waals surface area contributed by atoms with E-state index in [0.717, 1.165) is 12.1 Å². The zero-order valence-corrected chi connectivity index (χ0v) is 9.92. The lowest BCUT2D eigenvalue weighted by Crippen LogP contribution is -2.21. The molecule has 20 heavy (non-hydrogen) atoms. The summed E-state index contributed by atoms with van der Waals surface area (Å²) in [5.74, 6) is 0. The summed E-state index contributed by atoms with van der Waals surface area (Å²) in [7, 11) is -6.09. The highest BCUT2D eigenvalue weighted by Crippen LogP contribution is 2.35. The first-order valence-corrected chi connectivity index (χ1v) is 5.75. The van der Waals surface area contributed by atoms with Crippen LogP contribution in [0.3, 0.4) is 0 Å². The lowest BCUT2D eigenvalue weighted by Gasteiger charge is -2.08. The summed E-state index contributed by atoms with van der Waals surface area (Å²) < 4.78 is 95.1. The molecule has 0 saturated carbocycles. The molecule has 0 bridgehead atoms. The van der Waals surface area contributed by atoms with Crippen molar-refractivity contribution in [1.82, 2.24) is 0 Å². The largest absolute Gasteiger partial charge is 0.741 e. The van der Waals surface area contributed by atoms with Gasteiger partial charge >= 0.3 is 17.4 Å². The molecule has 1 aromatic carbocycles. The normalized spacial score (nSPS) is 12.1. The summed E-state index contributed by atoms with van der Waals surface area (Å²) in [5, 5.41) is 8.21. The molecule has 5 nitrogen and oxygen atoms in total. The molecule has 0 fully saturated rings. The fraction of sp³-hybridized carbons (Fsp3) is 0.250. The zero-order valence-electron chi connectivity index (χ0n) is 9.10. The van der Waals surface area contributed by atoms with Gasteiger partial charge in [-0.2, -0.15) is 26.3 Å². The standard InChI is InChI=1S/C7H4F3N2.CHF3O3S/c8-7(9,10)5-3-1-2-4-6(5)12-11;2-1(3,4)8(5,6)7/h1-4H;(H,5,6,7)/q+1;/p-1. The molecule has 0 radical (unpaired) electrons. The molecule has 0 saturated heterocycles. The Morgan fingerprint density at radius 3 is 1.70 bits per heavy atom. The molecule has 0 unspecified atom stereocenters. The quantitative estimate of drug-likeness (QED) is 0.317. The number of nitrogens with zero attached hydrogens (tertiary/aromatic N) is 2. The van der Waals surface area contributed by atoms with Crippen molar-refractivity contribution < 1.29 is 39.3 Å². The summed E-state index contributed by atoms with van der Waals surface area (Å²) in [6, 6.07) is 4.54. The lowest BCUT2D eigenvalue weighted by molar-refractivity contribution is -0.136. The van der Waals surface area contributed by atoms with Gasteiger partial charge in [0.1, 0.15) is 0 Å². The van der Waals surface area contributed by atoms with Crippen LogP contribution in [-0.4, -0.2) is 18.5 Å². The van der Waals surface area contributed by atoms with Gasteiger partial charge in [-0.3, -0.25) is 0 Å². The molecule has 0 N–H and O–H groups in total. The summed E-state index contributed by atoms with van der Waals surface area (Å²) in [6.45, 7) is 0. The average molecular weight is 322 g/mol. The van der Waals surface area contributed by atoms with Crippen molar-refractivity contribution in [3.05, 3.63) is 34.8 Å². The Kier molecular flexibility index (Phi) is 5.49. The summed E-state index contributed by atoms with van der Waals surface area (Å²) >= 11 is 0. The first-order valence-electron chi connectivity index (χ1n) is 4.34. The highest BCUT2D eigenvalue weighted by atomic mass is 32.2. The molecule has 1 aromatic rings. The van der Waals surface area contributed by atoms with Crippen molar-refractivity contribution >= 4 is 15.8 Å². The van der Waals surface area contributed by atoms with Gasteiger partial charge in [0.05, 0.1) is 0 Å². The number of hydrogen-bond donors (Lipinski definition) is 0. The summed E-state index contributed by atoms with van der Waals surface area (Å²) in [5.41, 5.74) is -7.05. The number of alkyl halides is 6. The molecular weight excluding hydrogens is 318 g/mol. The van der Waals surface area contributed by atoms with Crippen molar-refractivity contribution in [3.8, 4) is 0 Å². The van der Waals surface area contributed by atoms with Crippen molar-refractivity contribution in [1.29, 1.82) is 5.39 Å². The zero-order chi connectivity index (χ0) is 16.2. The minimum Gasteiger partial charge on any atom is -0.741 e. The molecule has 12 heteroatoms. The second-order valence-corrected chi connectivity index (χ2v) is 4.39. The van der Waals surface area contributed by atoms with Gasteiger partial charge in [0, 0.05) is 6.07 Å². The van der Waals surface area contributed by atoms with Gasteiger partial charge in [-0.1, -0.05) is 12.1 Å². The number of hydrogen-bond acceptors (Lipinski definition) is 4. The van der Waals surface area contributed by atoms with Crippen LogP contribution in [0.2, 0.25) is 0 Å². The topological polar surface area (TPSA) is 85.3 Å². The van der Waals surface area contributed by atoms with E-state index < -0.39 is 33.1 Å². The molecular formula is C8H4F6N2O3S. The molecule has 0 amide bonds. The van der Waals surface area contributed by atoms with Crippen LogP contribution in [0.5, 0.6) is 0 Å². The van der Waals surface area contributed by atoms with E-state index in [-0.39, 0.29) is 0 Å². The van der Waals surface area contributed by atoms with Crippen LogP contribution in [0.25, 0.3) is 4.98 Å². The van der Waals surface area contributed by atoms with E-state index in [1.807, 2.05) is 0 Å². The maximum atomic E-state index is 12.1. The van der Waals surface area contributed by atoms with E-state index in [1.165, 1.54) is 12.1 Å². The van der Waals surface area contributed by atoms with Gasteiger partial charge in [0.15, 0.2) is 20.7 Å². The fourth-order valence-corrected chi connectivity index (χ4v) is 0.801. The van der Waals surface area contributed by atoms with Gasteiger partial charge in [0.25, 0.3) is 0 Å². The van der Waals surface area contributed by atoms with Crippen LogP contribution in [0.15, 0.2) is 24.3 Å². The Balaban J connectivity index is 0.000000396. The lowest BCUT2D eigenvalue weighted by atomic mass is 10.2. The molecule has 0 aromatic heterocycles. The second-order valence-electron chi connectivity index (χ2n) is 3.01. The van der Waals surface area contributed by atoms with E-state index >= 15 is 0 Å². The van der Waals surface area contributed by atoms with E-state index in [2.05, 4.69) is 4.98 Å². The van der Waals surface area contributed by atoms with Crippen LogP contribution >= 0.6 is 0 Å². The third kappa shape index (κ3) is 5.41. The number of halogens is 6. The van der Waals surface area contributed by atoms with Crippen molar-refractivity contribution in [2.75, 3.05) is 0 Å². The fourth-order valence-electron chi connectivity index (χ4n) is 0.801. The molecule has 0 aliphatic heterocycles. The highest BCUT2D eigenvalue weighted by Gasteiger charge is 2.38. The first-order chi connectivity index (χ1) is 8.80. The third-order valence-electron chi connectivity index (χ3n) is 1.60. The third-order valence-corrected chi connectivity index (χ3v) is 2.17. The molecule has 112 valence electrons. The van der Waals surface area contributed by atoms with Gasteiger partial charge < -0.3 is 4.55 Å². The minimum atomic E-state index is -6.09. The predicted octanol–water partition coefficient (Wildman–Crippen LogP) is 3.24. The highest BCUT2D eigenvalue weighted by molar-refractivity contribution is 7.86. The van der Waals surface area contributed by atoms with Crippen molar-refractivity contribution in [2.24, 2.45) is 0 Å². The van der Waals surface area contributed by atoms with Gasteiger partial charge in [-0.05, 0) is 6.07 Å². The number of rotatable bonds is 0. The molecule has 0 aliphatic carbocycles. The molecule has 0 aliphatic rings. The minimum absolute atomic E-state index is 0.468. The van der Waals surface area contributed by atoms with Crippen LogP contribution in [-0.2, 0) is 16.3 Å². The second kappa shape index (κ2) is 6.06. The van der Waals surface area contributed by atoms with Crippen LogP contribution < -0.4 is 0 Å². The Hall–Kier alpha value is -1.87. The van der Waals surface area contributed by atoms with E-state index in [0.29, 0.717) is 0 Å². The van der Waals surface area contributed by atoms with Crippen LogP contribution in [0.1, 0.15) is 5.56 Å². The van der Waals surface area contributed by atoms with Gasteiger partial charge in [0.2, 0.25) is 5.39 Å². The van der Waals surface area contributed by atoms with Gasteiger partial charge in [-0.25, -0.2) is 8.42 Å². The van der Waals surface area contributed by atoms with E-state index in [1.54, 1.807) is 0 Å². The Morgan fingerprint density at radius 2 is 1.45 bits per heavy atom. The molecule has 0 spiro atoms. The maximum absolute atomic E-state index is 12.1.